The van der Waals surface area contributed by atoms with Gasteiger partial charge in [-0.15, -0.1) is 0 Å². The molecule has 0 bridgehead atoms. The van der Waals surface area contributed by atoms with E-state index in [1.165, 1.54) is 0 Å². The average Bonchev–Trinajstić information content (AvgIpc) is 2.96. The van der Waals surface area contributed by atoms with Crippen molar-refractivity contribution in [2.75, 3.05) is 13.2 Å². The monoisotopic (exact) mass is 403 g/mol. The molecule has 4 amide bonds. The van der Waals surface area contributed by atoms with E-state index in [1.807, 2.05) is 0 Å². The maximum atomic E-state index is 12.6. The molecule has 0 aromatic heterocycles. The van der Waals surface area contributed by atoms with Crippen LogP contribution >= 0.6 is 0 Å². The molecular formula is C19H21N3O7. The van der Waals surface area contributed by atoms with Gasteiger partial charge >= 0.3 is 12.0 Å². The first kappa shape index (κ1) is 19.0. The number of hydrogen-bond acceptors (Lipinski definition) is 7. The van der Waals surface area contributed by atoms with Crippen LogP contribution in [0, 0.1) is 0 Å². The summed E-state index contributed by atoms with van der Waals surface area (Å²) in [4.78, 5) is 49.0. The first-order valence-corrected chi connectivity index (χ1v) is 9.50. The molecule has 1 aromatic rings. The van der Waals surface area contributed by atoms with Crippen LogP contribution in [-0.2, 0) is 19.1 Å². The van der Waals surface area contributed by atoms with Gasteiger partial charge in [0.05, 0.1) is 0 Å². The van der Waals surface area contributed by atoms with Gasteiger partial charge in [-0.1, -0.05) is 31.4 Å². The Labute approximate surface area is 166 Å². The van der Waals surface area contributed by atoms with E-state index in [2.05, 4.69) is 10.7 Å². The third-order valence-electron chi connectivity index (χ3n) is 5.22. The number of para-hydroxylation sites is 2. The van der Waals surface area contributed by atoms with E-state index in [-0.39, 0.29) is 6.61 Å². The number of urea groups is 1. The molecular weight excluding hydrogens is 382 g/mol. The van der Waals surface area contributed by atoms with Gasteiger partial charge in [0.2, 0.25) is 6.10 Å². The van der Waals surface area contributed by atoms with Gasteiger partial charge in [-0.05, 0) is 25.0 Å². The van der Waals surface area contributed by atoms with Crippen LogP contribution in [-0.4, -0.2) is 53.7 Å². The second kappa shape index (κ2) is 7.61. The summed E-state index contributed by atoms with van der Waals surface area (Å²) in [5.41, 5.74) is 1.26. The molecule has 1 saturated heterocycles. The molecule has 1 aromatic carbocycles. The number of amides is 4. The van der Waals surface area contributed by atoms with E-state index in [0.717, 1.165) is 19.3 Å². The maximum Gasteiger partial charge on any atom is 0.351 e. The molecule has 154 valence electrons. The van der Waals surface area contributed by atoms with Gasteiger partial charge in [0, 0.05) is 0 Å². The minimum absolute atomic E-state index is 0.0486. The number of carbonyl (C=O) groups is 4. The second-order valence-corrected chi connectivity index (χ2v) is 7.22. The van der Waals surface area contributed by atoms with E-state index in [9.17, 15) is 19.2 Å². The molecule has 1 spiro atoms. The van der Waals surface area contributed by atoms with Gasteiger partial charge < -0.3 is 19.5 Å². The number of fused-ring (bicyclic) bond motifs is 1. The lowest BCUT2D eigenvalue weighted by Crippen LogP contribution is -2.51. The highest BCUT2D eigenvalue weighted by molar-refractivity contribution is 6.08. The summed E-state index contributed by atoms with van der Waals surface area (Å²) in [6.07, 6.45) is 2.74. The zero-order valence-electron chi connectivity index (χ0n) is 15.6. The van der Waals surface area contributed by atoms with Crippen LogP contribution in [0.2, 0.25) is 0 Å². The van der Waals surface area contributed by atoms with Crippen LogP contribution in [0.1, 0.15) is 32.1 Å². The minimum atomic E-state index is -1.01. The van der Waals surface area contributed by atoms with Crippen molar-refractivity contribution in [2.45, 2.75) is 43.7 Å². The predicted molar refractivity (Wildman–Crippen MR) is 96.6 cm³/mol. The predicted octanol–water partition coefficient (Wildman–Crippen LogP) is 0.655. The lowest BCUT2D eigenvalue weighted by atomic mass is 9.82. The molecule has 1 aliphatic carbocycles. The highest BCUT2D eigenvalue weighted by atomic mass is 16.6. The number of hydrazine groups is 1. The van der Waals surface area contributed by atoms with Crippen LogP contribution in [0.4, 0.5) is 4.79 Å². The molecule has 2 aliphatic heterocycles. The van der Waals surface area contributed by atoms with Gasteiger partial charge in [0.15, 0.2) is 18.1 Å². The van der Waals surface area contributed by atoms with Crippen molar-refractivity contribution in [2.24, 2.45) is 0 Å². The number of nitrogens with zero attached hydrogens (tertiary/aromatic N) is 1. The van der Waals surface area contributed by atoms with E-state index < -0.39 is 42.1 Å². The largest absolute Gasteiger partial charge is 0.485 e. The summed E-state index contributed by atoms with van der Waals surface area (Å²) >= 11 is 0. The fourth-order valence-corrected chi connectivity index (χ4v) is 3.74. The van der Waals surface area contributed by atoms with Gasteiger partial charge in [0.25, 0.3) is 11.8 Å². The van der Waals surface area contributed by atoms with Crippen molar-refractivity contribution in [3.8, 4) is 11.5 Å². The van der Waals surface area contributed by atoms with E-state index in [4.69, 9.17) is 14.2 Å². The summed E-state index contributed by atoms with van der Waals surface area (Å²) in [7, 11) is 0. The molecule has 0 radical (unpaired) electrons. The number of ether oxygens (including phenoxy) is 3. The number of nitrogens with one attached hydrogen (secondary N) is 2. The molecule has 2 fully saturated rings. The van der Waals surface area contributed by atoms with Crippen molar-refractivity contribution in [3.63, 3.8) is 0 Å². The van der Waals surface area contributed by atoms with Crippen LogP contribution in [0.25, 0.3) is 0 Å². The standard InChI is InChI=1S/C19H21N3O7/c23-15(21-22-17(25)19(20-18(22)26)8-4-1-5-9-19)11-28-16(24)14-10-27-12-6-2-3-7-13(12)29-14/h2-3,6-7,14H,1,4-5,8-11H2,(H,20,26)(H,21,23)/t14-/m1/s1. The second-order valence-electron chi connectivity index (χ2n) is 7.22. The molecule has 3 aliphatic rings. The first-order valence-electron chi connectivity index (χ1n) is 9.50. The first-order chi connectivity index (χ1) is 14.0. The van der Waals surface area contributed by atoms with Crippen molar-refractivity contribution < 1.29 is 33.4 Å². The molecule has 4 rings (SSSR count). The Bertz CT molecular complexity index is 850. The lowest BCUT2D eigenvalue weighted by molar-refractivity contribution is -0.158. The Kier molecular flexibility index (Phi) is 4.99. The molecule has 0 unspecified atom stereocenters. The summed E-state index contributed by atoms with van der Waals surface area (Å²) in [5, 5.41) is 3.34. The third kappa shape index (κ3) is 3.69. The van der Waals surface area contributed by atoms with Gasteiger partial charge in [-0.25, -0.2) is 9.59 Å². The van der Waals surface area contributed by atoms with Gasteiger partial charge in [-0.3, -0.25) is 15.0 Å². The van der Waals surface area contributed by atoms with E-state index in [1.54, 1.807) is 24.3 Å². The number of esters is 1. The zero-order valence-corrected chi connectivity index (χ0v) is 15.6. The minimum Gasteiger partial charge on any atom is -0.485 e. The highest BCUT2D eigenvalue weighted by Crippen LogP contribution is 2.33. The van der Waals surface area contributed by atoms with E-state index in [0.29, 0.717) is 29.3 Å². The highest BCUT2D eigenvalue weighted by Gasteiger charge is 2.52. The lowest BCUT2D eigenvalue weighted by Gasteiger charge is -2.30. The average molecular weight is 403 g/mol. The number of hydrogen-bond donors (Lipinski definition) is 2. The molecule has 10 nitrogen and oxygen atoms in total. The quantitative estimate of drug-likeness (QED) is 0.559. The van der Waals surface area contributed by atoms with Gasteiger partial charge in [0.1, 0.15) is 12.1 Å². The zero-order chi connectivity index (χ0) is 20.4. The third-order valence-corrected chi connectivity index (χ3v) is 5.22. The van der Waals surface area contributed by atoms with Crippen LogP contribution in [0.5, 0.6) is 11.5 Å². The summed E-state index contributed by atoms with van der Waals surface area (Å²) in [6, 6.07) is 6.19. The molecule has 2 heterocycles. The Morgan fingerprint density at radius 1 is 1.17 bits per heavy atom. The maximum absolute atomic E-state index is 12.6. The number of imide groups is 1. The molecule has 10 heteroatoms. The summed E-state index contributed by atoms with van der Waals surface area (Å²) in [5.74, 6) is -1.14. The fourth-order valence-electron chi connectivity index (χ4n) is 3.74. The Balaban J connectivity index is 1.28. The van der Waals surface area contributed by atoms with E-state index >= 15 is 0 Å². The SMILES string of the molecule is O=C(COC(=O)[C@H]1COc2ccccc2O1)NN1C(=O)NC2(CCCCC2)C1=O. The number of rotatable bonds is 4. The summed E-state index contributed by atoms with van der Waals surface area (Å²) < 4.78 is 15.9. The van der Waals surface area contributed by atoms with Gasteiger partial charge in [-0.2, -0.15) is 5.01 Å². The molecule has 29 heavy (non-hydrogen) atoms. The topological polar surface area (TPSA) is 123 Å². The van der Waals surface area contributed by atoms with Crippen LogP contribution < -0.4 is 20.2 Å². The summed E-state index contributed by atoms with van der Waals surface area (Å²) in [6.45, 7) is -0.711. The van der Waals surface area contributed by atoms with Crippen LogP contribution in [0.15, 0.2) is 24.3 Å². The smallest absolute Gasteiger partial charge is 0.351 e. The number of benzene rings is 1. The molecule has 1 saturated carbocycles. The Hall–Kier alpha value is -3.30. The normalized spacial score (nSPS) is 22.2. The Morgan fingerprint density at radius 2 is 1.90 bits per heavy atom. The van der Waals surface area contributed by atoms with Crippen molar-refractivity contribution in [1.82, 2.24) is 15.8 Å². The van der Waals surface area contributed by atoms with Crippen molar-refractivity contribution >= 4 is 23.8 Å². The van der Waals surface area contributed by atoms with Crippen molar-refractivity contribution in [3.05, 3.63) is 24.3 Å². The Morgan fingerprint density at radius 3 is 2.66 bits per heavy atom. The molecule has 1 atom stereocenters. The van der Waals surface area contributed by atoms with Crippen molar-refractivity contribution in [1.29, 1.82) is 0 Å². The fraction of sp³-hybridized carbons (Fsp3) is 0.474. The molecule has 2 N–H and O–H groups in total. The van der Waals surface area contributed by atoms with Crippen LogP contribution in [0.3, 0.4) is 0 Å². The number of carbonyl (C=O) groups excluding carboxylic acids is 4.